The summed E-state index contributed by atoms with van der Waals surface area (Å²) < 4.78 is 11.8. The second-order valence-corrected chi connectivity index (χ2v) is 6.53. The zero-order chi connectivity index (χ0) is 12.7. The molecular formula is C15H18N2OS. The van der Waals surface area contributed by atoms with Gasteiger partial charge in [-0.25, -0.2) is 0 Å². The van der Waals surface area contributed by atoms with Crippen LogP contribution in [-0.4, -0.2) is 22.6 Å². The molecule has 3 nitrogen and oxygen atoms in total. The Balaban J connectivity index is 1.56. The van der Waals surface area contributed by atoms with Crippen molar-refractivity contribution in [3.05, 3.63) is 24.4 Å². The smallest absolute Gasteiger partial charge is 0.130 e. The van der Waals surface area contributed by atoms with Gasteiger partial charge in [-0.1, -0.05) is 12.5 Å². The van der Waals surface area contributed by atoms with Crippen molar-refractivity contribution in [1.29, 1.82) is 0 Å². The molecule has 4 rings (SSSR count). The summed E-state index contributed by atoms with van der Waals surface area (Å²) >= 11 is 1.54. The van der Waals surface area contributed by atoms with Crippen molar-refractivity contribution in [1.82, 2.24) is 9.69 Å². The fourth-order valence-electron chi connectivity index (χ4n) is 3.46. The number of nitrogens with one attached hydrogen (secondary N) is 1. The molecule has 1 aromatic carbocycles. The fourth-order valence-corrected chi connectivity index (χ4v) is 4.12. The minimum Gasteiger partial charge on any atom is -0.490 e. The molecule has 4 heteroatoms. The van der Waals surface area contributed by atoms with Crippen LogP contribution in [0.25, 0.3) is 10.1 Å². The van der Waals surface area contributed by atoms with Crippen LogP contribution in [0.1, 0.15) is 32.1 Å². The van der Waals surface area contributed by atoms with E-state index in [4.69, 9.17) is 4.74 Å². The highest BCUT2D eigenvalue weighted by atomic mass is 32.1. The van der Waals surface area contributed by atoms with Crippen molar-refractivity contribution in [2.75, 3.05) is 0 Å². The van der Waals surface area contributed by atoms with E-state index in [1.807, 2.05) is 6.20 Å². The second kappa shape index (κ2) is 4.76. The fraction of sp³-hybridized carbons (Fsp3) is 0.533. The van der Waals surface area contributed by atoms with Gasteiger partial charge in [-0.15, -0.1) is 0 Å². The molecule has 2 aliphatic rings. The van der Waals surface area contributed by atoms with Crippen LogP contribution in [0, 0.1) is 0 Å². The normalized spacial score (nSPS) is 30.4. The molecule has 0 amide bonds. The van der Waals surface area contributed by atoms with E-state index in [9.17, 15) is 0 Å². The molecule has 100 valence electrons. The monoisotopic (exact) mass is 274 g/mol. The van der Waals surface area contributed by atoms with Gasteiger partial charge in [-0.2, -0.15) is 4.37 Å². The van der Waals surface area contributed by atoms with Gasteiger partial charge in [0.2, 0.25) is 0 Å². The van der Waals surface area contributed by atoms with Gasteiger partial charge < -0.3 is 10.1 Å². The van der Waals surface area contributed by atoms with Gasteiger partial charge in [-0.3, -0.25) is 0 Å². The third-order valence-electron chi connectivity index (χ3n) is 4.32. The summed E-state index contributed by atoms with van der Waals surface area (Å²) in [5.41, 5.74) is 0. The van der Waals surface area contributed by atoms with Crippen molar-refractivity contribution in [2.24, 2.45) is 0 Å². The Morgan fingerprint density at radius 3 is 2.89 bits per heavy atom. The maximum atomic E-state index is 6.29. The van der Waals surface area contributed by atoms with Crippen LogP contribution >= 0.6 is 11.5 Å². The topological polar surface area (TPSA) is 34.1 Å². The molecule has 0 aliphatic carbocycles. The summed E-state index contributed by atoms with van der Waals surface area (Å²) in [7, 11) is 0. The predicted octanol–water partition coefficient (Wildman–Crippen LogP) is 3.35. The van der Waals surface area contributed by atoms with Gasteiger partial charge in [0.25, 0.3) is 0 Å². The molecule has 3 heterocycles. The number of ether oxygens (including phenoxy) is 1. The van der Waals surface area contributed by atoms with E-state index in [0.717, 1.165) is 24.0 Å². The maximum absolute atomic E-state index is 6.29. The largest absolute Gasteiger partial charge is 0.490 e. The van der Waals surface area contributed by atoms with Crippen molar-refractivity contribution in [2.45, 2.75) is 50.3 Å². The van der Waals surface area contributed by atoms with Crippen molar-refractivity contribution in [3.8, 4) is 5.75 Å². The van der Waals surface area contributed by atoms with E-state index in [-0.39, 0.29) is 0 Å². The summed E-state index contributed by atoms with van der Waals surface area (Å²) in [4.78, 5) is 0. The number of hydrogen-bond donors (Lipinski definition) is 1. The van der Waals surface area contributed by atoms with Crippen LogP contribution in [0.2, 0.25) is 0 Å². The Bertz CT molecular complexity index is 570. The Morgan fingerprint density at radius 1 is 1.21 bits per heavy atom. The average molecular weight is 274 g/mol. The highest BCUT2D eigenvalue weighted by Crippen LogP contribution is 2.32. The number of aromatic nitrogens is 1. The molecule has 2 saturated heterocycles. The van der Waals surface area contributed by atoms with Crippen LogP contribution in [-0.2, 0) is 0 Å². The number of fused-ring (bicyclic) bond motifs is 3. The first-order valence-electron chi connectivity index (χ1n) is 7.14. The SMILES string of the molecule is c1cc(OC2C[C@@H]3CCC[C@@H](C2)N3)c2cnsc2c1. The molecule has 1 aromatic heterocycles. The Hall–Kier alpha value is -1.13. The van der Waals surface area contributed by atoms with Crippen LogP contribution < -0.4 is 10.1 Å². The molecule has 0 spiro atoms. The lowest BCUT2D eigenvalue weighted by atomic mass is 9.85. The summed E-state index contributed by atoms with van der Waals surface area (Å²) in [5.74, 6) is 1.01. The lowest BCUT2D eigenvalue weighted by Crippen LogP contribution is -2.51. The van der Waals surface area contributed by atoms with Gasteiger partial charge >= 0.3 is 0 Å². The number of piperidine rings is 2. The Labute approximate surface area is 117 Å². The van der Waals surface area contributed by atoms with E-state index in [1.54, 1.807) is 0 Å². The minimum absolute atomic E-state index is 0.363. The molecule has 2 aliphatic heterocycles. The first-order chi connectivity index (χ1) is 9.38. The number of benzene rings is 1. The quantitative estimate of drug-likeness (QED) is 0.912. The van der Waals surface area contributed by atoms with Crippen molar-refractivity contribution in [3.63, 3.8) is 0 Å². The van der Waals surface area contributed by atoms with Gasteiger partial charge in [0.15, 0.2) is 0 Å². The summed E-state index contributed by atoms with van der Waals surface area (Å²) in [6.45, 7) is 0. The Morgan fingerprint density at radius 2 is 2.05 bits per heavy atom. The minimum atomic E-state index is 0.363. The predicted molar refractivity (Wildman–Crippen MR) is 77.8 cm³/mol. The number of hydrogen-bond acceptors (Lipinski definition) is 4. The molecule has 2 aromatic rings. The van der Waals surface area contributed by atoms with Crippen molar-refractivity contribution >= 4 is 21.6 Å². The molecule has 2 fully saturated rings. The molecule has 1 N–H and O–H groups in total. The molecule has 0 saturated carbocycles. The summed E-state index contributed by atoms with van der Waals surface area (Å²) in [6, 6.07) is 7.58. The van der Waals surface area contributed by atoms with E-state index < -0.39 is 0 Å². The third-order valence-corrected chi connectivity index (χ3v) is 5.09. The van der Waals surface area contributed by atoms with E-state index >= 15 is 0 Å². The molecule has 2 atom stereocenters. The summed E-state index contributed by atoms with van der Waals surface area (Å²) in [5, 5.41) is 4.87. The zero-order valence-corrected chi connectivity index (χ0v) is 11.7. The summed E-state index contributed by atoms with van der Waals surface area (Å²) in [6.07, 6.45) is 8.56. The van der Waals surface area contributed by atoms with Crippen LogP contribution in [0.3, 0.4) is 0 Å². The van der Waals surface area contributed by atoms with Crippen LogP contribution in [0.15, 0.2) is 24.4 Å². The van der Waals surface area contributed by atoms with Crippen molar-refractivity contribution < 1.29 is 4.74 Å². The first-order valence-corrected chi connectivity index (χ1v) is 7.92. The van der Waals surface area contributed by atoms with Gasteiger partial charge in [-0.05, 0) is 49.3 Å². The average Bonchev–Trinajstić information content (AvgIpc) is 2.88. The maximum Gasteiger partial charge on any atom is 0.130 e. The van der Waals surface area contributed by atoms with Gasteiger partial charge in [0, 0.05) is 12.1 Å². The lowest BCUT2D eigenvalue weighted by molar-refractivity contribution is 0.0940. The molecule has 19 heavy (non-hydrogen) atoms. The zero-order valence-electron chi connectivity index (χ0n) is 10.8. The second-order valence-electron chi connectivity index (χ2n) is 5.70. The highest BCUT2D eigenvalue weighted by Gasteiger charge is 2.32. The molecular weight excluding hydrogens is 256 g/mol. The van der Waals surface area contributed by atoms with Crippen LogP contribution in [0.5, 0.6) is 5.75 Å². The number of nitrogens with zero attached hydrogens (tertiary/aromatic N) is 1. The first kappa shape index (κ1) is 11.7. The van der Waals surface area contributed by atoms with Crippen LogP contribution in [0.4, 0.5) is 0 Å². The lowest BCUT2D eigenvalue weighted by Gasteiger charge is -2.40. The Kier molecular flexibility index (Phi) is 2.93. The number of rotatable bonds is 2. The van der Waals surface area contributed by atoms with E-state index in [0.29, 0.717) is 18.2 Å². The molecule has 0 unspecified atom stereocenters. The van der Waals surface area contributed by atoms with E-state index in [2.05, 4.69) is 27.9 Å². The standard InChI is InChI=1S/C15H18N2OS/c1-3-10-7-12(8-11(4-1)17-10)18-14-5-2-6-15-13(14)9-16-19-15/h2,5-6,9-12,17H,1,3-4,7-8H2/t10-,11-/m0/s1. The van der Waals surface area contributed by atoms with E-state index in [1.165, 1.54) is 35.5 Å². The molecule has 2 bridgehead atoms. The third kappa shape index (κ3) is 2.23. The highest BCUT2D eigenvalue weighted by molar-refractivity contribution is 7.13. The van der Waals surface area contributed by atoms with Gasteiger partial charge in [0.05, 0.1) is 16.3 Å². The molecule has 0 radical (unpaired) electrons. The van der Waals surface area contributed by atoms with Gasteiger partial charge in [0.1, 0.15) is 11.9 Å².